The minimum absolute atomic E-state index is 0.117. The number of pyridine rings is 1. The lowest BCUT2D eigenvalue weighted by atomic mass is 10.2. The van der Waals surface area contributed by atoms with E-state index in [2.05, 4.69) is 10.3 Å². The molecule has 2 fully saturated rings. The molecule has 2 aliphatic rings. The molecule has 0 saturated carbocycles. The predicted molar refractivity (Wildman–Crippen MR) is 100 cm³/mol. The highest BCUT2D eigenvalue weighted by Crippen LogP contribution is 2.22. The minimum atomic E-state index is -0.117. The molecule has 0 radical (unpaired) electrons. The van der Waals surface area contributed by atoms with Gasteiger partial charge in [0.15, 0.2) is 0 Å². The quantitative estimate of drug-likeness (QED) is 0.892. The van der Waals surface area contributed by atoms with E-state index in [9.17, 15) is 4.79 Å². The van der Waals surface area contributed by atoms with Gasteiger partial charge in [0.05, 0.1) is 23.4 Å². The fourth-order valence-electron chi connectivity index (χ4n) is 3.71. The molecule has 138 valence electrons. The first kappa shape index (κ1) is 17.2. The Labute approximate surface area is 153 Å². The van der Waals surface area contributed by atoms with Crippen LogP contribution < -0.4 is 5.32 Å². The third kappa shape index (κ3) is 3.97. The maximum Gasteiger partial charge on any atom is 0.322 e. The summed E-state index contributed by atoms with van der Waals surface area (Å²) in [6, 6.07) is 9.60. The van der Waals surface area contributed by atoms with Gasteiger partial charge in [-0.15, -0.1) is 0 Å². The average Bonchev–Trinajstić information content (AvgIpc) is 3.35. The Morgan fingerprint density at radius 1 is 1.08 bits per heavy atom. The van der Waals surface area contributed by atoms with E-state index < -0.39 is 0 Å². The maximum atomic E-state index is 13.0. The zero-order valence-electron chi connectivity index (χ0n) is 14.9. The molecular formula is C20H25N3O3. The number of carbonyl (C=O) groups excluding carboxylic acids is 1. The van der Waals surface area contributed by atoms with Crippen molar-refractivity contribution in [2.45, 2.75) is 37.9 Å². The Morgan fingerprint density at radius 2 is 1.77 bits per heavy atom. The summed E-state index contributed by atoms with van der Waals surface area (Å²) in [6.45, 7) is 2.77. The Bertz CT molecular complexity index is 732. The van der Waals surface area contributed by atoms with Crippen LogP contribution in [0.4, 0.5) is 10.5 Å². The molecule has 0 bridgehead atoms. The van der Waals surface area contributed by atoms with Crippen molar-refractivity contribution < 1.29 is 14.3 Å². The molecule has 1 aromatic heterocycles. The molecule has 0 unspecified atom stereocenters. The van der Waals surface area contributed by atoms with Crippen LogP contribution in [0.1, 0.15) is 25.7 Å². The fourth-order valence-corrected chi connectivity index (χ4v) is 3.71. The molecule has 0 aliphatic carbocycles. The van der Waals surface area contributed by atoms with Gasteiger partial charge in [-0.25, -0.2) is 4.79 Å². The molecule has 2 aliphatic heterocycles. The normalized spacial score (nSPS) is 22.6. The van der Waals surface area contributed by atoms with Crippen molar-refractivity contribution in [1.29, 1.82) is 0 Å². The second kappa shape index (κ2) is 8.01. The largest absolute Gasteiger partial charge is 0.376 e. The highest BCUT2D eigenvalue weighted by atomic mass is 16.5. The number of para-hydroxylation sites is 1. The van der Waals surface area contributed by atoms with Crippen molar-refractivity contribution in [2.24, 2.45) is 0 Å². The van der Waals surface area contributed by atoms with Gasteiger partial charge in [-0.05, 0) is 37.8 Å². The van der Waals surface area contributed by atoms with Gasteiger partial charge in [0.1, 0.15) is 0 Å². The van der Waals surface area contributed by atoms with Crippen molar-refractivity contribution >= 4 is 22.6 Å². The van der Waals surface area contributed by atoms with Crippen molar-refractivity contribution in [3.8, 4) is 0 Å². The van der Waals surface area contributed by atoms with Crippen molar-refractivity contribution in [3.63, 3.8) is 0 Å². The van der Waals surface area contributed by atoms with E-state index in [0.717, 1.165) is 55.5 Å². The first-order valence-electron chi connectivity index (χ1n) is 9.42. The Balaban J connectivity index is 1.50. The zero-order valence-corrected chi connectivity index (χ0v) is 14.9. The summed E-state index contributed by atoms with van der Waals surface area (Å²) in [6.07, 6.45) is 6.12. The number of fused-ring (bicyclic) bond motifs is 1. The highest BCUT2D eigenvalue weighted by Gasteiger charge is 2.27. The van der Waals surface area contributed by atoms with Crippen LogP contribution in [0.25, 0.3) is 10.9 Å². The summed E-state index contributed by atoms with van der Waals surface area (Å²) in [7, 11) is 0. The molecule has 2 saturated heterocycles. The van der Waals surface area contributed by atoms with Crippen LogP contribution in [-0.2, 0) is 9.47 Å². The number of nitrogens with one attached hydrogen (secondary N) is 1. The summed E-state index contributed by atoms with van der Waals surface area (Å²) < 4.78 is 11.5. The number of rotatable bonds is 5. The number of benzene rings is 1. The number of anilines is 1. The van der Waals surface area contributed by atoms with Crippen LogP contribution in [0, 0.1) is 0 Å². The second-order valence-electron chi connectivity index (χ2n) is 6.99. The van der Waals surface area contributed by atoms with Crippen LogP contribution in [0.15, 0.2) is 36.5 Å². The third-order valence-corrected chi connectivity index (χ3v) is 5.06. The Kier molecular flexibility index (Phi) is 5.32. The monoisotopic (exact) mass is 355 g/mol. The minimum Gasteiger partial charge on any atom is -0.376 e. The Morgan fingerprint density at radius 3 is 2.42 bits per heavy atom. The zero-order chi connectivity index (χ0) is 17.8. The SMILES string of the molecule is O=C(Nc1cccc2cccnc12)N(C[C@H]1CCCO1)C[C@H]1CCCO1. The summed E-state index contributed by atoms with van der Waals surface area (Å²) in [5, 5.41) is 4.06. The van der Waals surface area contributed by atoms with Crippen LogP contribution in [0.2, 0.25) is 0 Å². The van der Waals surface area contributed by atoms with E-state index in [0.29, 0.717) is 13.1 Å². The van der Waals surface area contributed by atoms with E-state index in [1.807, 2.05) is 35.2 Å². The van der Waals surface area contributed by atoms with Crippen LogP contribution in [0.5, 0.6) is 0 Å². The van der Waals surface area contributed by atoms with Gasteiger partial charge < -0.3 is 19.7 Å². The molecule has 2 atom stereocenters. The molecule has 4 rings (SSSR count). The average molecular weight is 355 g/mol. The van der Waals surface area contributed by atoms with E-state index in [-0.39, 0.29) is 18.2 Å². The molecule has 0 spiro atoms. The number of aromatic nitrogens is 1. The molecule has 3 heterocycles. The van der Waals surface area contributed by atoms with Gasteiger partial charge >= 0.3 is 6.03 Å². The number of urea groups is 1. The van der Waals surface area contributed by atoms with E-state index >= 15 is 0 Å². The number of hydrogen-bond donors (Lipinski definition) is 1. The molecule has 6 nitrogen and oxygen atoms in total. The van der Waals surface area contributed by atoms with Crippen molar-refractivity contribution in [1.82, 2.24) is 9.88 Å². The summed E-state index contributed by atoms with van der Waals surface area (Å²) in [5.74, 6) is 0. The molecule has 6 heteroatoms. The molecule has 1 aromatic carbocycles. The first-order valence-corrected chi connectivity index (χ1v) is 9.42. The number of ether oxygens (including phenoxy) is 2. The topological polar surface area (TPSA) is 63.7 Å². The van der Waals surface area contributed by atoms with Crippen molar-refractivity contribution in [3.05, 3.63) is 36.5 Å². The molecule has 2 amide bonds. The first-order chi connectivity index (χ1) is 12.8. The van der Waals surface area contributed by atoms with E-state index in [1.54, 1.807) is 6.20 Å². The van der Waals surface area contributed by atoms with Crippen LogP contribution >= 0.6 is 0 Å². The van der Waals surface area contributed by atoms with Crippen LogP contribution in [0.3, 0.4) is 0 Å². The van der Waals surface area contributed by atoms with Gasteiger partial charge in [-0.1, -0.05) is 18.2 Å². The summed E-state index contributed by atoms with van der Waals surface area (Å²) >= 11 is 0. The third-order valence-electron chi connectivity index (χ3n) is 5.06. The standard InChI is InChI=1S/C20H25N3O3/c24-20(22-18-9-1-5-15-6-2-10-21-19(15)18)23(13-16-7-3-11-25-16)14-17-8-4-12-26-17/h1-2,5-6,9-10,16-17H,3-4,7-8,11-14H2,(H,22,24)/t16-,17-/m1/s1. The lowest BCUT2D eigenvalue weighted by molar-refractivity contribution is 0.0524. The predicted octanol–water partition coefficient (Wildman–Crippen LogP) is 3.43. The van der Waals surface area contributed by atoms with Crippen molar-refractivity contribution in [2.75, 3.05) is 31.6 Å². The van der Waals surface area contributed by atoms with Crippen LogP contribution in [-0.4, -0.2) is 54.4 Å². The summed E-state index contributed by atoms with van der Waals surface area (Å²) in [5.41, 5.74) is 1.54. The summed E-state index contributed by atoms with van der Waals surface area (Å²) in [4.78, 5) is 19.3. The molecule has 2 aromatic rings. The maximum absolute atomic E-state index is 13.0. The lowest BCUT2D eigenvalue weighted by Crippen LogP contribution is -2.44. The molecule has 26 heavy (non-hydrogen) atoms. The van der Waals surface area contributed by atoms with E-state index in [4.69, 9.17) is 9.47 Å². The second-order valence-corrected chi connectivity index (χ2v) is 6.99. The van der Waals surface area contributed by atoms with Gasteiger partial charge in [-0.2, -0.15) is 0 Å². The van der Waals surface area contributed by atoms with Gasteiger partial charge in [0.25, 0.3) is 0 Å². The van der Waals surface area contributed by atoms with E-state index in [1.165, 1.54) is 0 Å². The smallest absolute Gasteiger partial charge is 0.322 e. The van der Waals surface area contributed by atoms with Gasteiger partial charge in [0.2, 0.25) is 0 Å². The lowest BCUT2D eigenvalue weighted by Gasteiger charge is -2.28. The fraction of sp³-hybridized carbons (Fsp3) is 0.500. The van der Waals surface area contributed by atoms with Gasteiger partial charge in [0, 0.05) is 37.9 Å². The number of carbonyl (C=O) groups is 1. The molecular weight excluding hydrogens is 330 g/mol. The highest BCUT2D eigenvalue weighted by molar-refractivity contribution is 5.99. The number of hydrogen-bond acceptors (Lipinski definition) is 4. The Hall–Kier alpha value is -2.18. The van der Waals surface area contributed by atoms with Gasteiger partial charge in [-0.3, -0.25) is 4.98 Å². The number of amides is 2. The number of nitrogens with zero attached hydrogens (tertiary/aromatic N) is 2. The molecule has 1 N–H and O–H groups in total.